The summed E-state index contributed by atoms with van der Waals surface area (Å²) >= 11 is 0. The summed E-state index contributed by atoms with van der Waals surface area (Å²) in [5.41, 5.74) is 2.05. The van der Waals surface area contributed by atoms with Crippen molar-refractivity contribution in [1.82, 2.24) is 10.2 Å². The first-order valence-electron chi connectivity index (χ1n) is 15.4. The second kappa shape index (κ2) is 35.2. The number of aliphatic imine (C=N–C) groups is 1. The topological polar surface area (TPSA) is 27.6 Å². The van der Waals surface area contributed by atoms with E-state index in [-0.39, 0.29) is 12.6 Å². The Bertz CT molecular complexity index is 616. The lowest BCUT2D eigenvalue weighted by molar-refractivity contribution is 0.0629. The van der Waals surface area contributed by atoms with Gasteiger partial charge >= 0.3 is 0 Å². The van der Waals surface area contributed by atoms with Crippen LogP contribution < -0.4 is 5.32 Å². The summed E-state index contributed by atoms with van der Waals surface area (Å²) in [7, 11) is 0. The van der Waals surface area contributed by atoms with Crippen LogP contribution in [0.3, 0.4) is 0 Å². The van der Waals surface area contributed by atoms with Crippen LogP contribution in [0.25, 0.3) is 0 Å². The van der Waals surface area contributed by atoms with E-state index < -0.39 is 11.6 Å². The fourth-order valence-electron chi connectivity index (χ4n) is 3.42. The molecule has 2 atom stereocenters. The molecule has 0 bridgehead atoms. The van der Waals surface area contributed by atoms with Gasteiger partial charge in [-0.2, -0.15) is 8.78 Å². The van der Waals surface area contributed by atoms with E-state index in [1.54, 1.807) is 0 Å². The summed E-state index contributed by atoms with van der Waals surface area (Å²) in [6.07, 6.45) is 13.5. The zero-order chi connectivity index (χ0) is 32.6. The Morgan fingerprint density at radius 2 is 1.62 bits per heavy atom. The number of hydrogen-bond acceptors (Lipinski definition) is 3. The zero-order valence-corrected chi connectivity index (χ0v) is 28.6. The molecule has 0 aromatic heterocycles. The second-order valence-electron chi connectivity index (χ2n) is 9.26. The lowest BCUT2D eigenvalue weighted by Gasteiger charge is -2.35. The summed E-state index contributed by atoms with van der Waals surface area (Å²) < 4.78 is 36.6. The van der Waals surface area contributed by atoms with Gasteiger partial charge in [-0.3, -0.25) is 14.3 Å². The van der Waals surface area contributed by atoms with Crippen LogP contribution in [0, 0.1) is 5.92 Å². The number of halogens is 3. The minimum Gasteiger partial charge on any atom is -0.384 e. The molecule has 1 heterocycles. The van der Waals surface area contributed by atoms with E-state index in [1.807, 2.05) is 40.7 Å². The number of nitrogens with zero attached hydrogens (tertiary/aromatic N) is 2. The highest BCUT2D eigenvalue weighted by molar-refractivity contribution is 5.29. The van der Waals surface area contributed by atoms with Crippen LogP contribution in [0.1, 0.15) is 122 Å². The molecule has 0 aliphatic carbocycles. The molecule has 1 N–H and O–H groups in total. The number of hydrogen-bond donors (Lipinski definition) is 1. The van der Waals surface area contributed by atoms with Gasteiger partial charge in [0.05, 0.1) is 6.67 Å². The van der Waals surface area contributed by atoms with Crippen molar-refractivity contribution in [3.05, 3.63) is 48.4 Å². The van der Waals surface area contributed by atoms with Gasteiger partial charge in [-0.05, 0) is 51.8 Å². The van der Waals surface area contributed by atoms with E-state index in [9.17, 15) is 13.2 Å². The van der Waals surface area contributed by atoms with Gasteiger partial charge in [-0.25, -0.2) is 0 Å². The molecule has 0 saturated carbocycles. The Balaban J connectivity index is -0.000000148. The van der Waals surface area contributed by atoms with Crippen LogP contribution in [0.2, 0.25) is 0 Å². The highest BCUT2D eigenvalue weighted by Gasteiger charge is 2.24. The highest BCUT2D eigenvalue weighted by atomic mass is 19.3. The standard InChI is InChI=1S/C14H25FN2.C6H12.C5H7F2N.C5H12.2C2H6/c1-4-13-7-6-9-17(10-8-16-13)14(5-2)12(3)11-15;1-4-5-6(2)3;1-4(8-3)5(2,6)7;1-3-5-4-2;2*1-2/h4,7,12,14,16H,1,5-6,8-11H2,2-3H3;5H,4H2,1-3H3;1,3H2,2H3;3-5H2,1-2H3;2*1-2H3/b13-7-;;;;;. The van der Waals surface area contributed by atoms with E-state index >= 15 is 0 Å². The van der Waals surface area contributed by atoms with Crippen LogP contribution in [-0.2, 0) is 0 Å². The summed E-state index contributed by atoms with van der Waals surface area (Å²) in [5.74, 6) is -2.79. The van der Waals surface area contributed by atoms with E-state index in [0.717, 1.165) is 45.1 Å². The summed E-state index contributed by atoms with van der Waals surface area (Å²) in [6.45, 7) is 36.0. The van der Waals surface area contributed by atoms with Crippen LogP contribution in [0.15, 0.2) is 53.3 Å². The SMILES string of the molecule is C=C/C1=C/CCN(C(CC)C(C)CF)CCN1.C=NC(=C)C(C)(F)F.CC.CC.CCC=C(C)C.CCCCC. The molecular formula is C34H68F3N3. The molecule has 1 aliphatic rings. The molecule has 2 unspecified atom stereocenters. The normalized spacial score (nSPS) is 15.2. The Hall–Kier alpha value is -1.82. The molecule has 1 aliphatic heterocycles. The number of alkyl halides is 3. The van der Waals surface area contributed by atoms with Crippen molar-refractivity contribution in [2.45, 2.75) is 134 Å². The number of unbranched alkanes of at least 4 members (excludes halogenated alkanes) is 2. The lowest BCUT2D eigenvalue weighted by atomic mass is 9.98. The molecule has 0 aromatic carbocycles. The Labute approximate surface area is 249 Å². The molecule has 0 amide bonds. The van der Waals surface area contributed by atoms with Crippen LogP contribution in [0.4, 0.5) is 13.2 Å². The van der Waals surface area contributed by atoms with Gasteiger partial charge in [0.15, 0.2) is 0 Å². The first kappa shape index (κ1) is 47.9. The largest absolute Gasteiger partial charge is 0.384 e. The number of allylic oxidation sites excluding steroid dienone is 4. The van der Waals surface area contributed by atoms with Gasteiger partial charge in [0.2, 0.25) is 0 Å². The van der Waals surface area contributed by atoms with Gasteiger partial charge in [0.25, 0.3) is 5.92 Å². The maximum absolute atomic E-state index is 12.8. The fourth-order valence-corrected chi connectivity index (χ4v) is 3.42. The Kier molecular flexibility index (Phi) is 42.2. The quantitative estimate of drug-likeness (QED) is 0.207. The second-order valence-corrected chi connectivity index (χ2v) is 9.26. The third-order valence-electron chi connectivity index (χ3n) is 5.53. The molecule has 240 valence electrons. The van der Waals surface area contributed by atoms with Gasteiger partial charge < -0.3 is 5.32 Å². The lowest BCUT2D eigenvalue weighted by Crippen LogP contribution is -2.44. The van der Waals surface area contributed by atoms with Gasteiger partial charge in [-0.1, -0.05) is 112 Å². The van der Waals surface area contributed by atoms with Crippen molar-refractivity contribution < 1.29 is 13.2 Å². The van der Waals surface area contributed by atoms with Gasteiger partial charge in [0.1, 0.15) is 5.70 Å². The number of rotatable bonds is 10. The average molecular weight is 576 g/mol. The van der Waals surface area contributed by atoms with Crippen molar-refractivity contribution in [2.24, 2.45) is 10.9 Å². The monoisotopic (exact) mass is 576 g/mol. The molecule has 6 heteroatoms. The van der Waals surface area contributed by atoms with Crippen molar-refractivity contribution in [3.63, 3.8) is 0 Å². The summed E-state index contributed by atoms with van der Waals surface area (Å²) in [4.78, 5) is 5.38. The zero-order valence-electron chi connectivity index (χ0n) is 28.6. The summed E-state index contributed by atoms with van der Waals surface area (Å²) in [5, 5.41) is 3.34. The third kappa shape index (κ3) is 32.4. The molecule has 0 spiro atoms. The maximum Gasteiger partial charge on any atom is 0.286 e. The molecule has 0 saturated heterocycles. The molecule has 1 rings (SSSR count). The molecule has 40 heavy (non-hydrogen) atoms. The fraction of sp³-hybridized carbons (Fsp3) is 0.735. The molecule has 0 radical (unpaired) electrons. The van der Waals surface area contributed by atoms with E-state index in [4.69, 9.17) is 0 Å². The average Bonchev–Trinajstić information content (AvgIpc) is 2.92. The Morgan fingerprint density at radius 3 is 1.88 bits per heavy atom. The van der Waals surface area contributed by atoms with Crippen LogP contribution >= 0.6 is 0 Å². The maximum atomic E-state index is 12.8. The van der Waals surface area contributed by atoms with Crippen LogP contribution in [-0.4, -0.2) is 49.9 Å². The Morgan fingerprint density at radius 1 is 1.10 bits per heavy atom. The first-order valence-corrected chi connectivity index (χ1v) is 15.4. The van der Waals surface area contributed by atoms with Crippen molar-refractivity contribution in [2.75, 3.05) is 26.3 Å². The molecule has 0 aromatic rings. The molecule has 3 nitrogen and oxygen atoms in total. The van der Waals surface area contributed by atoms with Crippen LogP contribution in [0.5, 0.6) is 0 Å². The predicted octanol–water partition coefficient (Wildman–Crippen LogP) is 11.2. The minimum atomic E-state index is -2.91. The smallest absolute Gasteiger partial charge is 0.286 e. The highest BCUT2D eigenvalue weighted by Crippen LogP contribution is 2.21. The molecule has 0 fully saturated rings. The first-order chi connectivity index (χ1) is 18.9. The van der Waals surface area contributed by atoms with Crippen molar-refractivity contribution >= 4 is 6.72 Å². The third-order valence-corrected chi connectivity index (χ3v) is 5.53. The van der Waals surface area contributed by atoms with E-state index in [1.165, 1.54) is 31.3 Å². The van der Waals surface area contributed by atoms with E-state index in [0.29, 0.717) is 6.04 Å². The number of nitrogens with one attached hydrogen (secondary N) is 1. The minimum absolute atomic E-state index is 0.127. The van der Waals surface area contributed by atoms with Crippen molar-refractivity contribution in [3.8, 4) is 0 Å². The predicted molar refractivity (Wildman–Crippen MR) is 179 cm³/mol. The van der Waals surface area contributed by atoms with Gasteiger partial charge in [-0.15, -0.1) is 0 Å². The van der Waals surface area contributed by atoms with Crippen molar-refractivity contribution in [1.29, 1.82) is 0 Å². The molecular weight excluding hydrogens is 507 g/mol. The summed E-state index contributed by atoms with van der Waals surface area (Å²) in [6, 6.07) is 0.362. The van der Waals surface area contributed by atoms with Gasteiger partial charge in [0, 0.05) is 38.3 Å². The van der Waals surface area contributed by atoms with E-state index in [2.05, 4.69) is 88.8 Å².